The highest BCUT2D eigenvalue weighted by molar-refractivity contribution is 7.22. The lowest BCUT2D eigenvalue weighted by Gasteiger charge is -2.42. The van der Waals surface area contributed by atoms with Gasteiger partial charge >= 0.3 is 5.97 Å². The van der Waals surface area contributed by atoms with Gasteiger partial charge in [0.1, 0.15) is 17.8 Å². The van der Waals surface area contributed by atoms with Gasteiger partial charge in [-0.25, -0.2) is 19.7 Å². The van der Waals surface area contributed by atoms with Crippen LogP contribution >= 0.6 is 34.0 Å². The van der Waals surface area contributed by atoms with Gasteiger partial charge in [0.2, 0.25) is 17.7 Å². The second kappa shape index (κ2) is 26.0. The van der Waals surface area contributed by atoms with Crippen LogP contribution in [0.25, 0.3) is 20.7 Å². The smallest absolute Gasteiger partial charge is 0.355 e. The summed E-state index contributed by atoms with van der Waals surface area (Å²) in [6.45, 7) is 11.2. The Labute approximate surface area is 507 Å². The Morgan fingerprint density at radius 2 is 1.66 bits per heavy atom. The molecule has 85 heavy (non-hydrogen) atoms. The minimum atomic E-state index is -1.07. The number of carboxylic acid groups (broad SMARTS) is 1. The number of fused-ring (bicyclic) bond motifs is 2. The van der Waals surface area contributed by atoms with Gasteiger partial charge in [-0.1, -0.05) is 92.5 Å². The number of carbonyl (C=O) groups excluding carboxylic acids is 4. The molecule has 4 aromatic carbocycles. The fourth-order valence-electron chi connectivity index (χ4n) is 12.0. The number of ether oxygens (including phenoxy) is 1. The van der Waals surface area contributed by atoms with Gasteiger partial charge in [-0.15, -0.1) is 22.7 Å². The van der Waals surface area contributed by atoms with Gasteiger partial charge in [0, 0.05) is 54.5 Å². The van der Waals surface area contributed by atoms with Crippen molar-refractivity contribution >= 4 is 84.1 Å². The number of anilines is 2. The molecule has 442 valence electrons. The van der Waals surface area contributed by atoms with Crippen molar-refractivity contribution in [2.45, 2.75) is 110 Å². The monoisotopic (exact) mass is 1200 g/mol. The number of nitrogens with one attached hydrogen (secondary N) is 3. The van der Waals surface area contributed by atoms with Crippen LogP contribution in [0.1, 0.15) is 113 Å². The van der Waals surface area contributed by atoms with E-state index in [9.17, 15) is 34.2 Å². The number of aromatic nitrogens is 3. The van der Waals surface area contributed by atoms with E-state index in [0.29, 0.717) is 83.2 Å². The number of hydrogen-bond donors (Lipinski definition) is 5. The Bertz CT molecular complexity index is 3610. The second-order valence-electron chi connectivity index (χ2n) is 23.9. The number of benzene rings is 4. The third-order valence-electron chi connectivity index (χ3n) is 16.8. The highest BCUT2D eigenvalue weighted by Gasteiger charge is 2.45. The molecule has 6 heterocycles. The molecule has 20 heteroatoms. The van der Waals surface area contributed by atoms with Gasteiger partial charge in [0.25, 0.3) is 5.91 Å². The van der Waals surface area contributed by atoms with Crippen molar-refractivity contribution in [3.63, 3.8) is 0 Å². The Kier molecular flexibility index (Phi) is 18.1. The van der Waals surface area contributed by atoms with Gasteiger partial charge in [-0.3, -0.25) is 29.4 Å². The van der Waals surface area contributed by atoms with Crippen LogP contribution in [0.5, 0.6) is 5.75 Å². The van der Waals surface area contributed by atoms with Gasteiger partial charge in [0.05, 0.1) is 45.6 Å². The van der Waals surface area contributed by atoms with Crippen LogP contribution in [-0.4, -0.2) is 122 Å². The number of nitrogens with zero attached hydrogens (tertiary/aromatic N) is 6. The fourth-order valence-corrected chi connectivity index (χ4v) is 14.8. The molecule has 3 aliphatic heterocycles. The summed E-state index contributed by atoms with van der Waals surface area (Å²) in [6.07, 6.45) is 5.18. The maximum absolute atomic E-state index is 14.2. The number of rotatable bonds is 18. The van der Waals surface area contributed by atoms with Crippen molar-refractivity contribution in [3.05, 3.63) is 141 Å². The van der Waals surface area contributed by atoms with Crippen molar-refractivity contribution in [1.29, 1.82) is 0 Å². The molecule has 3 aromatic heterocycles. The lowest BCUT2D eigenvalue weighted by molar-refractivity contribution is -0.144. The van der Waals surface area contributed by atoms with Gasteiger partial charge in [0.15, 0.2) is 16.0 Å². The molecule has 17 nitrogen and oxygen atoms in total. The summed E-state index contributed by atoms with van der Waals surface area (Å²) in [7, 11) is 0. The lowest BCUT2D eigenvalue weighted by Crippen LogP contribution is -2.59. The molecule has 2 saturated heterocycles. The maximum Gasteiger partial charge on any atom is 0.355 e. The van der Waals surface area contributed by atoms with Crippen LogP contribution < -0.4 is 25.6 Å². The average molecular weight is 1200 g/mol. The van der Waals surface area contributed by atoms with Crippen LogP contribution in [0.3, 0.4) is 0 Å². The average Bonchev–Trinajstić information content (AvgIpc) is 4.35. The van der Waals surface area contributed by atoms with Crippen molar-refractivity contribution in [2.24, 2.45) is 23.2 Å². The van der Waals surface area contributed by atoms with E-state index in [1.165, 1.54) is 27.6 Å². The summed E-state index contributed by atoms with van der Waals surface area (Å²) in [5.74, 6) is 6.84. The van der Waals surface area contributed by atoms with E-state index in [1.807, 2.05) is 124 Å². The number of piperidine rings is 1. The number of likely N-dealkylation sites (tertiary alicyclic amines) is 2. The molecule has 4 amide bonds. The predicted molar refractivity (Wildman–Crippen MR) is 332 cm³/mol. The molecule has 0 radical (unpaired) electrons. The summed E-state index contributed by atoms with van der Waals surface area (Å²) < 4.78 is 7.08. The normalized spacial score (nSPS) is 19.3. The van der Waals surface area contributed by atoms with Crippen LogP contribution in [0.15, 0.2) is 96.5 Å². The predicted octanol–water partition coefficient (Wildman–Crippen LogP) is 9.61. The summed E-state index contributed by atoms with van der Waals surface area (Å²) >= 11 is 4.39. The number of amides is 4. The van der Waals surface area contributed by atoms with E-state index in [2.05, 4.69) is 52.5 Å². The minimum Gasteiger partial charge on any atom is -0.494 e. The van der Waals surface area contributed by atoms with Crippen LogP contribution in [0.4, 0.5) is 10.3 Å². The number of carbonyl (C=O) groups is 5. The molecule has 0 spiro atoms. The van der Waals surface area contributed by atoms with E-state index in [4.69, 9.17) is 4.74 Å². The summed E-state index contributed by atoms with van der Waals surface area (Å²) in [5.41, 5.74) is 8.47. The van der Waals surface area contributed by atoms with Crippen LogP contribution in [-0.2, 0) is 40.3 Å². The summed E-state index contributed by atoms with van der Waals surface area (Å²) in [6, 6.07) is 27.5. The molecule has 5 N–H and O–H groups in total. The topological polar surface area (TPSA) is 220 Å². The number of hydrogen-bond acceptors (Lipinski definition) is 15. The first-order valence-corrected chi connectivity index (χ1v) is 31.8. The van der Waals surface area contributed by atoms with E-state index in [1.54, 1.807) is 11.3 Å². The Morgan fingerprint density at radius 1 is 0.882 bits per heavy atom. The van der Waals surface area contributed by atoms with E-state index >= 15 is 0 Å². The van der Waals surface area contributed by atoms with E-state index in [-0.39, 0.29) is 55.4 Å². The highest BCUT2D eigenvalue weighted by Crippen LogP contribution is 2.43. The van der Waals surface area contributed by atoms with Crippen molar-refractivity contribution in [3.8, 4) is 28.0 Å². The van der Waals surface area contributed by atoms with Crippen molar-refractivity contribution < 1.29 is 38.9 Å². The number of thiazole rings is 3. The summed E-state index contributed by atoms with van der Waals surface area (Å²) in [4.78, 5) is 88.4. The number of carboxylic acids is 1. The Morgan fingerprint density at radius 3 is 2.39 bits per heavy atom. The zero-order valence-corrected chi connectivity index (χ0v) is 50.7. The van der Waals surface area contributed by atoms with E-state index in [0.717, 1.165) is 87.4 Å². The summed E-state index contributed by atoms with van der Waals surface area (Å²) in [5, 5.41) is 31.0. The molecule has 0 unspecified atom stereocenters. The third kappa shape index (κ3) is 14.1. The minimum absolute atomic E-state index is 0.0192. The van der Waals surface area contributed by atoms with Gasteiger partial charge < -0.3 is 35.4 Å². The van der Waals surface area contributed by atoms with Crippen molar-refractivity contribution in [2.75, 3.05) is 49.5 Å². The first kappa shape index (κ1) is 59.2. The molecule has 3 atom stereocenters. The molecule has 0 bridgehead atoms. The number of aliphatic hydroxyl groups excluding tert-OH is 1. The standard InChI is InChI=1S/C65H71N9O8S3/c1-39-57(83-38-67-39)45-20-16-41(17-21-45)34-66-60(78)52-33-47(75)35-74(52)61(79)58(65(2,3)4)69-55(76)37-72-27-24-43(25-28-72)46-31-42(32-46)15-14-40-18-22-48(23-19-40)82-30-8-13-54-56(62(80)81)70-64(85-54)73-29-26-44-9-7-10-49(50(44)36-73)59(77)71-63-68-51-11-5-6-12-53(51)84-63/h5-7,9-12,16-23,38,42-43,46-47,52,58,75H,8,13,24-37H2,1-4H3,(H,66,78)(H,69,76)(H,80,81)(H,68,71,77)/t42?,46?,47-,52+,58-/m1/s1. The second-order valence-corrected chi connectivity index (χ2v) is 26.8. The lowest BCUT2D eigenvalue weighted by atomic mass is 9.66. The van der Waals surface area contributed by atoms with Crippen LogP contribution in [0.2, 0.25) is 0 Å². The molecule has 3 fully saturated rings. The number of aliphatic hydroxyl groups is 1. The van der Waals surface area contributed by atoms with E-state index < -0.39 is 29.6 Å². The molecule has 7 aromatic rings. The van der Waals surface area contributed by atoms with Crippen LogP contribution in [0, 0.1) is 41.9 Å². The SMILES string of the molecule is Cc1ncsc1-c1ccc(CNC(=O)[C@@H]2C[C@@H](O)CN2C(=O)[C@@H](NC(=O)CN2CCC(C3CC(C#Cc4ccc(OCCCc5sc(N6CCc7cccc(C(=O)Nc8nc9ccccc9s8)c7C6)nc5C(=O)O)cc4)C3)CC2)C(C)(C)C)cc1. The Balaban J connectivity index is 0.592. The maximum atomic E-state index is 14.2. The number of aromatic carboxylic acids is 1. The zero-order valence-electron chi connectivity index (χ0n) is 48.3. The zero-order chi connectivity index (χ0) is 59.4. The fraction of sp³-hybridized carbons (Fsp3) is 0.415. The third-order valence-corrected chi connectivity index (χ3v) is 19.9. The molecular weight excluding hydrogens is 1130 g/mol. The molecule has 1 aliphatic carbocycles. The van der Waals surface area contributed by atoms with Crippen molar-refractivity contribution in [1.82, 2.24) is 35.4 Å². The van der Waals surface area contributed by atoms with Gasteiger partial charge in [-0.05, 0) is 147 Å². The molecule has 4 aliphatic rings. The first-order valence-electron chi connectivity index (χ1n) is 29.3. The number of β-amino-alcohol motifs (C(OH)–C–C–N with tert-alkyl or cyclic N) is 1. The largest absolute Gasteiger partial charge is 0.494 e. The molecule has 11 rings (SSSR count). The highest BCUT2D eigenvalue weighted by atomic mass is 32.1. The Hall–Kier alpha value is -7.54. The number of para-hydroxylation sites is 1. The van der Waals surface area contributed by atoms with Gasteiger partial charge in [-0.2, -0.15) is 0 Å². The first-order chi connectivity index (χ1) is 41.0. The molecule has 1 saturated carbocycles. The molecular formula is C65H71N9O8S3. The quantitative estimate of drug-likeness (QED) is 0.0400. The number of aryl methyl sites for hydroxylation is 2.